The molecule has 12 heteroatoms. The summed E-state index contributed by atoms with van der Waals surface area (Å²) in [5.74, 6) is 0.754. The Balaban J connectivity index is 1.40. The van der Waals surface area contributed by atoms with Gasteiger partial charge in [-0.15, -0.1) is 10.2 Å². The molecule has 0 radical (unpaired) electrons. The van der Waals surface area contributed by atoms with E-state index in [1.807, 2.05) is 28.6 Å². The number of likely N-dealkylation sites (tertiary alicyclic amines) is 1. The Labute approximate surface area is 227 Å². The van der Waals surface area contributed by atoms with Crippen LogP contribution in [0.3, 0.4) is 0 Å². The van der Waals surface area contributed by atoms with Crippen LogP contribution < -0.4 is 5.69 Å². The van der Waals surface area contributed by atoms with Crippen LogP contribution in [-0.2, 0) is 24.5 Å². The van der Waals surface area contributed by atoms with Crippen LogP contribution in [0.25, 0.3) is 11.2 Å². The molecule has 0 spiro atoms. The van der Waals surface area contributed by atoms with Crippen molar-refractivity contribution in [2.45, 2.75) is 44.1 Å². The second kappa shape index (κ2) is 9.84. The van der Waals surface area contributed by atoms with Crippen molar-refractivity contribution in [3.63, 3.8) is 0 Å². The average molecular weight is 559 g/mol. The lowest BCUT2D eigenvalue weighted by atomic mass is 9.84. The second-order valence-electron chi connectivity index (χ2n) is 11.2. The number of pyridine rings is 1. The maximum absolute atomic E-state index is 14.2. The van der Waals surface area contributed by atoms with E-state index in [2.05, 4.69) is 10.2 Å². The van der Waals surface area contributed by atoms with Gasteiger partial charge in [0.05, 0.1) is 35.9 Å². The molecule has 2 fully saturated rings. The third-order valence-electron chi connectivity index (χ3n) is 8.10. The second-order valence-corrected chi connectivity index (χ2v) is 11.2. The molecule has 4 aromatic rings. The smallest absolute Gasteiger partial charge is 0.381 e. The number of piperidine rings is 1. The van der Waals surface area contributed by atoms with Crippen molar-refractivity contribution < 1.29 is 22.3 Å². The summed E-state index contributed by atoms with van der Waals surface area (Å²) in [5, 5.41) is 8.30. The van der Waals surface area contributed by atoms with Crippen molar-refractivity contribution in [3.05, 3.63) is 82.1 Å². The minimum atomic E-state index is -4.67. The average Bonchev–Trinajstić information content (AvgIpc) is 3.44. The highest BCUT2D eigenvalue weighted by Gasteiger charge is 2.36. The number of benzene rings is 1. The first-order valence-electron chi connectivity index (χ1n) is 13.3. The van der Waals surface area contributed by atoms with Crippen molar-refractivity contribution in [3.8, 4) is 5.69 Å². The van der Waals surface area contributed by atoms with Gasteiger partial charge in [0.1, 0.15) is 17.8 Å². The number of ether oxygens (including phenoxy) is 1. The van der Waals surface area contributed by atoms with Crippen molar-refractivity contribution >= 4 is 5.52 Å². The molecular formula is C28H30F4N6O2. The van der Waals surface area contributed by atoms with Crippen LogP contribution in [0.1, 0.15) is 48.2 Å². The molecule has 1 atom stereocenters. The lowest BCUT2D eigenvalue weighted by Crippen LogP contribution is -2.39. The van der Waals surface area contributed by atoms with E-state index in [1.165, 1.54) is 17.0 Å². The lowest BCUT2D eigenvalue weighted by molar-refractivity contribution is -0.136. The van der Waals surface area contributed by atoms with Gasteiger partial charge < -0.3 is 9.30 Å². The number of halogens is 4. The van der Waals surface area contributed by atoms with E-state index < -0.39 is 23.1 Å². The van der Waals surface area contributed by atoms with Crippen LogP contribution in [0.2, 0.25) is 0 Å². The molecule has 1 aromatic carbocycles. The van der Waals surface area contributed by atoms with E-state index in [-0.39, 0.29) is 23.9 Å². The van der Waals surface area contributed by atoms with E-state index in [1.54, 1.807) is 25.4 Å². The largest absolute Gasteiger partial charge is 0.418 e. The lowest BCUT2D eigenvalue weighted by Gasteiger charge is -2.34. The number of nitrogens with zero attached hydrogens (tertiary/aromatic N) is 6. The van der Waals surface area contributed by atoms with Gasteiger partial charge in [0.2, 0.25) is 0 Å². The summed E-state index contributed by atoms with van der Waals surface area (Å²) in [6.45, 7) is 3.73. The highest BCUT2D eigenvalue weighted by Crippen LogP contribution is 2.37. The summed E-state index contributed by atoms with van der Waals surface area (Å²) in [5.41, 5.74) is -1.30. The van der Waals surface area contributed by atoms with Crippen LogP contribution in [0, 0.1) is 5.92 Å². The summed E-state index contributed by atoms with van der Waals surface area (Å²) < 4.78 is 66.4. The molecule has 8 nitrogen and oxygen atoms in total. The van der Waals surface area contributed by atoms with Gasteiger partial charge in [-0.3, -0.25) is 13.9 Å². The summed E-state index contributed by atoms with van der Waals surface area (Å²) in [6.07, 6.45) is 0.291. The molecule has 0 aliphatic carbocycles. The predicted octanol–water partition coefficient (Wildman–Crippen LogP) is 4.34. The number of imidazole rings is 1. The number of hydrogen-bond donors (Lipinski definition) is 0. The minimum Gasteiger partial charge on any atom is -0.381 e. The molecule has 212 valence electrons. The van der Waals surface area contributed by atoms with E-state index in [0.29, 0.717) is 50.4 Å². The fraction of sp³-hybridized carbons (Fsp3) is 0.464. The molecule has 5 heterocycles. The quantitative estimate of drug-likeness (QED) is 0.330. The van der Waals surface area contributed by atoms with Crippen molar-refractivity contribution in [1.82, 2.24) is 28.6 Å². The third kappa shape index (κ3) is 4.94. The molecule has 40 heavy (non-hydrogen) atoms. The number of aromatic nitrogens is 5. The van der Waals surface area contributed by atoms with Crippen LogP contribution in [0.4, 0.5) is 17.6 Å². The summed E-state index contributed by atoms with van der Waals surface area (Å²) >= 11 is 0. The van der Waals surface area contributed by atoms with Gasteiger partial charge in [-0.25, -0.2) is 9.18 Å². The Morgan fingerprint density at radius 3 is 2.52 bits per heavy atom. The topological polar surface area (TPSA) is 69.6 Å². The maximum atomic E-state index is 14.2. The molecule has 0 unspecified atom stereocenters. The highest BCUT2D eigenvalue weighted by molar-refractivity contribution is 5.58. The Morgan fingerprint density at radius 2 is 1.90 bits per heavy atom. The van der Waals surface area contributed by atoms with Gasteiger partial charge in [-0.05, 0) is 49.1 Å². The van der Waals surface area contributed by atoms with Gasteiger partial charge in [-0.1, -0.05) is 12.1 Å². The molecule has 2 saturated heterocycles. The van der Waals surface area contributed by atoms with E-state index in [4.69, 9.17) is 4.74 Å². The number of hydrogen-bond acceptors (Lipinski definition) is 5. The minimum absolute atomic E-state index is 0.151. The molecule has 6 rings (SSSR count). The first-order valence-corrected chi connectivity index (χ1v) is 13.3. The molecule has 0 amide bonds. The van der Waals surface area contributed by atoms with Crippen LogP contribution in [-0.4, -0.2) is 60.6 Å². The molecule has 0 bridgehead atoms. The van der Waals surface area contributed by atoms with Gasteiger partial charge >= 0.3 is 11.9 Å². The normalized spacial score (nSPS) is 19.1. The zero-order valence-corrected chi connectivity index (χ0v) is 22.2. The first-order chi connectivity index (χ1) is 19.0. The van der Waals surface area contributed by atoms with E-state index >= 15 is 0 Å². The van der Waals surface area contributed by atoms with E-state index in [9.17, 15) is 22.4 Å². The summed E-state index contributed by atoms with van der Waals surface area (Å²) in [7, 11) is 1.85. The van der Waals surface area contributed by atoms with E-state index in [0.717, 1.165) is 21.9 Å². The molecule has 2 aliphatic rings. The highest BCUT2D eigenvalue weighted by atomic mass is 19.4. The fourth-order valence-electron chi connectivity index (χ4n) is 5.70. The van der Waals surface area contributed by atoms with Crippen molar-refractivity contribution in [2.75, 3.05) is 26.3 Å². The van der Waals surface area contributed by atoms with Gasteiger partial charge in [0.25, 0.3) is 0 Å². The van der Waals surface area contributed by atoms with Crippen LogP contribution in [0.5, 0.6) is 0 Å². The Morgan fingerprint density at radius 1 is 1.15 bits per heavy atom. The van der Waals surface area contributed by atoms with Crippen molar-refractivity contribution in [2.24, 2.45) is 13.0 Å². The maximum Gasteiger partial charge on any atom is 0.418 e. The molecular weight excluding hydrogens is 528 g/mol. The van der Waals surface area contributed by atoms with Gasteiger partial charge in [0.15, 0.2) is 0 Å². The molecule has 0 saturated carbocycles. The zero-order chi connectivity index (χ0) is 28.2. The monoisotopic (exact) mass is 558 g/mol. The van der Waals surface area contributed by atoms with Crippen molar-refractivity contribution in [1.29, 1.82) is 0 Å². The summed E-state index contributed by atoms with van der Waals surface area (Å²) in [4.78, 5) is 15.5. The van der Waals surface area contributed by atoms with Gasteiger partial charge in [0, 0.05) is 45.0 Å². The predicted molar refractivity (Wildman–Crippen MR) is 139 cm³/mol. The first kappa shape index (κ1) is 26.7. The molecule has 0 N–H and O–H groups in total. The standard InChI is InChI=1S/C28H30F4N6O2/c1-27(29)6-8-36(9-7-27)12-18-10-22(28(30,31)32)23-14-37(26(39)38(23)13-18)21-5-3-4-19(11-21)24(20-15-40-16-20)25-34-33-17-35(25)2/h3-5,10-11,13-14,17,20,24H,6-9,12,15-16H2,1-2H3/t24-/m0/s1. The Bertz CT molecular complexity index is 1590. The number of fused-ring (bicyclic) bond motifs is 1. The van der Waals surface area contributed by atoms with Crippen LogP contribution in [0.15, 0.2) is 53.8 Å². The zero-order valence-electron chi connectivity index (χ0n) is 22.2. The number of alkyl halides is 4. The van der Waals surface area contributed by atoms with Gasteiger partial charge in [-0.2, -0.15) is 13.2 Å². The van der Waals surface area contributed by atoms with Crippen LogP contribution >= 0.6 is 0 Å². The number of aryl methyl sites for hydroxylation is 1. The Kier molecular flexibility index (Phi) is 6.57. The summed E-state index contributed by atoms with van der Waals surface area (Å²) in [6, 6.07) is 8.31. The fourth-order valence-corrected chi connectivity index (χ4v) is 5.70. The SMILES string of the molecule is Cn1cnnc1[C@@H](c1cccc(-n2cc3c(C(F)(F)F)cc(CN4CCC(C)(F)CC4)cn3c2=O)c1)C1COC1. The molecule has 3 aromatic heterocycles. The Hall–Kier alpha value is -3.51. The molecule has 2 aliphatic heterocycles. The third-order valence-corrected chi connectivity index (χ3v) is 8.10. The number of rotatable bonds is 6.